The average molecular weight is 417 g/mol. The first-order valence-electron chi connectivity index (χ1n) is 9.96. The number of halogens is 1. The van der Waals surface area contributed by atoms with Crippen molar-refractivity contribution in [3.63, 3.8) is 0 Å². The summed E-state index contributed by atoms with van der Waals surface area (Å²) >= 11 is 3.67. The lowest BCUT2D eigenvalue weighted by molar-refractivity contribution is 0.345. The summed E-state index contributed by atoms with van der Waals surface area (Å²) < 4.78 is 1.17. The minimum Gasteiger partial charge on any atom is -0.0811 e. The second-order valence-electron chi connectivity index (χ2n) is 8.82. The largest absolute Gasteiger partial charge is 0.0811 e. The van der Waals surface area contributed by atoms with Crippen molar-refractivity contribution in [2.75, 3.05) is 0 Å². The highest BCUT2D eigenvalue weighted by Gasteiger charge is 2.46. The Morgan fingerprint density at radius 2 is 1.81 bits per heavy atom. The first-order chi connectivity index (χ1) is 13.0. The van der Waals surface area contributed by atoms with Gasteiger partial charge in [-0.1, -0.05) is 91.3 Å². The van der Waals surface area contributed by atoms with Crippen LogP contribution in [-0.4, -0.2) is 0 Å². The summed E-state index contributed by atoms with van der Waals surface area (Å²) in [6.07, 6.45) is 8.60. The number of allylic oxidation sites excluding steroid dienone is 6. The molecule has 0 aliphatic heterocycles. The SMILES string of the molecule is C[C@H]1C=CC2=C3C(=CC2[C@@H]1Cc1ccccc1)C(C)(C)c1cc(Br)ccc13. The van der Waals surface area contributed by atoms with Crippen LogP contribution >= 0.6 is 15.9 Å². The second kappa shape index (κ2) is 6.07. The standard InChI is InChI=1S/C26H25Br/c1-16-9-11-19-22(21(16)13-17-7-5-4-6-8-17)15-24-25(19)20-12-10-18(27)14-23(20)26(24,2)3/h4-12,14-16,21-22H,13H2,1-3H3/t16-,21+,22?/m0/s1. The molecular weight excluding hydrogens is 392 g/mol. The summed E-state index contributed by atoms with van der Waals surface area (Å²) in [5, 5.41) is 0. The van der Waals surface area contributed by atoms with Crippen molar-refractivity contribution in [3.8, 4) is 0 Å². The number of benzene rings is 2. The Kier molecular flexibility index (Phi) is 3.88. The minimum absolute atomic E-state index is 0.0765. The predicted octanol–water partition coefficient (Wildman–Crippen LogP) is 7.11. The van der Waals surface area contributed by atoms with Gasteiger partial charge in [0.15, 0.2) is 0 Å². The van der Waals surface area contributed by atoms with Gasteiger partial charge >= 0.3 is 0 Å². The molecule has 3 atom stereocenters. The van der Waals surface area contributed by atoms with Gasteiger partial charge in [-0.2, -0.15) is 0 Å². The van der Waals surface area contributed by atoms with Crippen molar-refractivity contribution in [2.45, 2.75) is 32.6 Å². The van der Waals surface area contributed by atoms with Gasteiger partial charge in [-0.3, -0.25) is 0 Å². The van der Waals surface area contributed by atoms with Crippen LogP contribution in [0.2, 0.25) is 0 Å². The van der Waals surface area contributed by atoms with Crippen LogP contribution in [0.4, 0.5) is 0 Å². The Bertz CT molecular complexity index is 1000. The monoisotopic (exact) mass is 416 g/mol. The molecule has 0 fully saturated rings. The Hall–Kier alpha value is -1.86. The van der Waals surface area contributed by atoms with Crippen molar-refractivity contribution in [2.24, 2.45) is 17.8 Å². The Morgan fingerprint density at radius 1 is 1.04 bits per heavy atom. The third-order valence-electron chi connectivity index (χ3n) is 6.89. The zero-order valence-corrected chi connectivity index (χ0v) is 17.8. The van der Waals surface area contributed by atoms with Crippen LogP contribution in [0.15, 0.2) is 82.4 Å². The van der Waals surface area contributed by atoms with E-state index in [1.807, 2.05) is 0 Å². The summed E-state index contributed by atoms with van der Waals surface area (Å²) in [4.78, 5) is 0. The predicted molar refractivity (Wildman–Crippen MR) is 118 cm³/mol. The molecule has 1 unspecified atom stereocenters. The van der Waals surface area contributed by atoms with Crippen molar-refractivity contribution >= 4 is 21.5 Å². The molecule has 0 nitrogen and oxygen atoms in total. The van der Waals surface area contributed by atoms with E-state index in [0.717, 1.165) is 6.42 Å². The highest BCUT2D eigenvalue weighted by atomic mass is 79.9. The van der Waals surface area contributed by atoms with Crippen molar-refractivity contribution < 1.29 is 0 Å². The Balaban J connectivity index is 1.63. The third kappa shape index (κ3) is 2.55. The summed E-state index contributed by atoms with van der Waals surface area (Å²) in [6, 6.07) is 17.8. The van der Waals surface area contributed by atoms with E-state index in [1.54, 1.807) is 0 Å². The zero-order valence-electron chi connectivity index (χ0n) is 16.2. The van der Waals surface area contributed by atoms with Gasteiger partial charge in [0.05, 0.1) is 0 Å². The quantitative estimate of drug-likeness (QED) is 0.488. The first kappa shape index (κ1) is 17.3. The Morgan fingerprint density at radius 3 is 2.59 bits per heavy atom. The van der Waals surface area contributed by atoms with Crippen molar-refractivity contribution in [1.29, 1.82) is 0 Å². The van der Waals surface area contributed by atoms with Gasteiger partial charge in [-0.05, 0) is 63.8 Å². The fourth-order valence-electron chi connectivity index (χ4n) is 5.37. The smallest absolute Gasteiger partial charge is 0.0178 e. The van der Waals surface area contributed by atoms with Crippen LogP contribution in [-0.2, 0) is 11.8 Å². The fourth-order valence-corrected chi connectivity index (χ4v) is 5.73. The van der Waals surface area contributed by atoms with Crippen LogP contribution in [0.1, 0.15) is 37.5 Å². The molecule has 1 heteroatoms. The topological polar surface area (TPSA) is 0 Å². The lowest BCUT2D eigenvalue weighted by atomic mass is 9.71. The van der Waals surface area contributed by atoms with E-state index < -0.39 is 0 Å². The maximum Gasteiger partial charge on any atom is 0.0178 e. The van der Waals surface area contributed by atoms with Crippen LogP contribution in [0, 0.1) is 17.8 Å². The molecule has 0 saturated carbocycles. The van der Waals surface area contributed by atoms with Gasteiger partial charge < -0.3 is 0 Å². The molecule has 5 rings (SSSR count). The molecule has 3 aliphatic carbocycles. The number of hydrogen-bond donors (Lipinski definition) is 0. The van der Waals surface area contributed by atoms with E-state index in [9.17, 15) is 0 Å². The number of fused-ring (bicyclic) bond motifs is 4. The maximum atomic E-state index is 3.67. The van der Waals surface area contributed by atoms with E-state index in [4.69, 9.17) is 0 Å². The van der Waals surface area contributed by atoms with Crippen LogP contribution in [0.5, 0.6) is 0 Å². The van der Waals surface area contributed by atoms with E-state index in [1.165, 1.54) is 37.9 Å². The van der Waals surface area contributed by atoms with Gasteiger partial charge in [0.2, 0.25) is 0 Å². The molecule has 3 aliphatic rings. The van der Waals surface area contributed by atoms with Gasteiger partial charge in [-0.25, -0.2) is 0 Å². The number of rotatable bonds is 2. The molecule has 0 aromatic heterocycles. The first-order valence-corrected chi connectivity index (χ1v) is 10.8. The summed E-state index contributed by atoms with van der Waals surface area (Å²) in [5.41, 5.74) is 9.00. The minimum atomic E-state index is 0.0765. The third-order valence-corrected chi connectivity index (χ3v) is 7.38. The van der Waals surface area contributed by atoms with Crippen LogP contribution < -0.4 is 0 Å². The average Bonchev–Trinajstić information content (AvgIpc) is 3.14. The van der Waals surface area contributed by atoms with Crippen LogP contribution in [0.3, 0.4) is 0 Å². The van der Waals surface area contributed by atoms with Crippen LogP contribution in [0.25, 0.3) is 5.57 Å². The van der Waals surface area contributed by atoms with Gasteiger partial charge in [0.1, 0.15) is 0 Å². The van der Waals surface area contributed by atoms with E-state index in [2.05, 4.69) is 103 Å². The lowest BCUT2D eigenvalue weighted by Crippen LogP contribution is -2.25. The molecule has 2 aromatic rings. The molecule has 0 spiro atoms. The molecule has 0 bridgehead atoms. The van der Waals surface area contributed by atoms with Crippen molar-refractivity contribution in [1.82, 2.24) is 0 Å². The van der Waals surface area contributed by atoms with Gasteiger partial charge in [0.25, 0.3) is 0 Å². The number of hydrogen-bond acceptors (Lipinski definition) is 0. The maximum absolute atomic E-state index is 3.67. The van der Waals surface area contributed by atoms with E-state index in [0.29, 0.717) is 17.8 Å². The van der Waals surface area contributed by atoms with Gasteiger partial charge in [-0.15, -0.1) is 0 Å². The molecule has 0 heterocycles. The summed E-state index contributed by atoms with van der Waals surface area (Å²) in [5.74, 6) is 1.77. The van der Waals surface area contributed by atoms with Crippen molar-refractivity contribution in [3.05, 3.63) is 99.1 Å². The summed E-state index contributed by atoms with van der Waals surface area (Å²) in [7, 11) is 0. The highest BCUT2D eigenvalue weighted by molar-refractivity contribution is 9.10. The molecule has 136 valence electrons. The fraction of sp³-hybridized carbons (Fsp3) is 0.308. The second-order valence-corrected chi connectivity index (χ2v) is 9.74. The van der Waals surface area contributed by atoms with Gasteiger partial charge in [0, 0.05) is 15.8 Å². The molecule has 0 amide bonds. The molecule has 2 aromatic carbocycles. The summed E-state index contributed by atoms with van der Waals surface area (Å²) in [6.45, 7) is 7.15. The van der Waals surface area contributed by atoms with E-state index in [-0.39, 0.29) is 5.41 Å². The van der Waals surface area contributed by atoms with E-state index >= 15 is 0 Å². The molecular formula is C26H25Br. The molecule has 0 saturated heterocycles. The highest BCUT2D eigenvalue weighted by Crippen LogP contribution is 2.58. The molecule has 0 N–H and O–H groups in total. The lowest BCUT2D eigenvalue weighted by Gasteiger charge is -2.33. The Labute approximate surface area is 170 Å². The molecule has 0 radical (unpaired) electrons. The zero-order chi connectivity index (χ0) is 18.8. The normalized spacial score (nSPS) is 27.3. The molecule has 27 heavy (non-hydrogen) atoms.